The summed E-state index contributed by atoms with van der Waals surface area (Å²) in [5, 5.41) is 4.86. The summed E-state index contributed by atoms with van der Waals surface area (Å²) in [6.45, 7) is 1.61. The predicted molar refractivity (Wildman–Crippen MR) is 97.6 cm³/mol. The number of esters is 1. The molecule has 0 heterocycles. The lowest BCUT2D eigenvalue weighted by atomic mass is 10.2. The van der Waals surface area contributed by atoms with Crippen LogP contribution in [0.4, 0.5) is 4.79 Å². The molecule has 2 rings (SSSR count). The summed E-state index contributed by atoms with van der Waals surface area (Å²) in [7, 11) is 0. The number of carbonyl (C=O) groups excluding carboxylic acids is 3. The van der Waals surface area contributed by atoms with Crippen LogP contribution in [-0.4, -0.2) is 43.8 Å². The van der Waals surface area contributed by atoms with Gasteiger partial charge >= 0.3 is 12.0 Å². The van der Waals surface area contributed by atoms with Gasteiger partial charge in [-0.2, -0.15) is 0 Å². The van der Waals surface area contributed by atoms with E-state index in [-0.39, 0.29) is 12.6 Å². The zero-order valence-corrected chi connectivity index (χ0v) is 15.5. The van der Waals surface area contributed by atoms with Crippen LogP contribution in [0.15, 0.2) is 24.3 Å². The predicted octanol–water partition coefficient (Wildman–Crippen LogP) is 2.17. The summed E-state index contributed by atoms with van der Waals surface area (Å²) in [5.74, 6) is -0.450. The zero-order chi connectivity index (χ0) is 19.5. The summed E-state index contributed by atoms with van der Waals surface area (Å²) in [6.07, 6.45) is 4.82. The number of nitrogens with one attached hydrogen (secondary N) is 2. The SMILES string of the molecule is CCCOc1ccccc1OCC(=O)OCC(=O)NC(=O)NC1CCCC1. The van der Waals surface area contributed by atoms with Gasteiger partial charge in [0.1, 0.15) is 0 Å². The second-order valence-corrected chi connectivity index (χ2v) is 6.25. The fraction of sp³-hybridized carbons (Fsp3) is 0.526. The molecule has 0 aromatic heterocycles. The van der Waals surface area contributed by atoms with Crippen LogP contribution in [0.1, 0.15) is 39.0 Å². The maximum absolute atomic E-state index is 11.7. The highest BCUT2D eigenvalue weighted by Gasteiger charge is 2.18. The highest BCUT2D eigenvalue weighted by Crippen LogP contribution is 2.26. The molecule has 2 N–H and O–H groups in total. The van der Waals surface area contributed by atoms with Gasteiger partial charge in [-0.15, -0.1) is 0 Å². The van der Waals surface area contributed by atoms with Crippen molar-refractivity contribution in [3.63, 3.8) is 0 Å². The second-order valence-electron chi connectivity index (χ2n) is 6.25. The number of hydrogen-bond donors (Lipinski definition) is 2. The van der Waals surface area contributed by atoms with Gasteiger partial charge in [-0.25, -0.2) is 9.59 Å². The normalized spacial score (nSPS) is 13.7. The van der Waals surface area contributed by atoms with Crippen LogP contribution in [0.3, 0.4) is 0 Å². The minimum absolute atomic E-state index is 0.101. The highest BCUT2D eigenvalue weighted by molar-refractivity contribution is 5.95. The molecule has 27 heavy (non-hydrogen) atoms. The van der Waals surface area contributed by atoms with E-state index in [9.17, 15) is 14.4 Å². The number of urea groups is 1. The van der Waals surface area contributed by atoms with E-state index in [1.165, 1.54) is 0 Å². The Morgan fingerprint density at radius 1 is 1.04 bits per heavy atom. The standard InChI is InChI=1S/C19H26N2O6/c1-2-11-25-15-9-5-6-10-16(15)26-13-18(23)27-12-17(22)21-19(24)20-14-7-3-4-8-14/h5-6,9-10,14H,2-4,7-8,11-13H2,1H3,(H2,20,21,22,24). The Labute approximate surface area is 158 Å². The fourth-order valence-corrected chi connectivity index (χ4v) is 2.68. The third-order valence-electron chi connectivity index (χ3n) is 3.96. The van der Waals surface area contributed by atoms with Crippen molar-refractivity contribution in [2.24, 2.45) is 0 Å². The summed E-state index contributed by atoms with van der Waals surface area (Å²) in [4.78, 5) is 35.1. The van der Waals surface area contributed by atoms with Crippen LogP contribution in [0.25, 0.3) is 0 Å². The molecule has 0 aliphatic heterocycles. The third kappa shape index (κ3) is 7.55. The van der Waals surface area contributed by atoms with Crippen LogP contribution in [-0.2, 0) is 14.3 Å². The number of imide groups is 1. The molecule has 1 aliphatic carbocycles. The van der Waals surface area contributed by atoms with Crippen molar-refractivity contribution >= 4 is 17.9 Å². The second kappa shape index (κ2) is 11.1. The maximum Gasteiger partial charge on any atom is 0.344 e. The molecule has 0 bridgehead atoms. The lowest BCUT2D eigenvalue weighted by molar-refractivity contribution is -0.150. The molecular weight excluding hydrogens is 352 g/mol. The number of rotatable bonds is 9. The van der Waals surface area contributed by atoms with Crippen molar-refractivity contribution in [3.05, 3.63) is 24.3 Å². The van der Waals surface area contributed by atoms with Crippen molar-refractivity contribution < 1.29 is 28.6 Å². The Kier molecular flexibility index (Phi) is 8.41. The Balaban J connectivity index is 1.67. The lowest BCUT2D eigenvalue weighted by Gasteiger charge is -2.13. The van der Waals surface area contributed by atoms with Gasteiger partial charge in [-0.3, -0.25) is 10.1 Å². The third-order valence-corrected chi connectivity index (χ3v) is 3.96. The lowest BCUT2D eigenvalue weighted by Crippen LogP contribution is -2.45. The number of carbonyl (C=O) groups is 3. The summed E-state index contributed by atoms with van der Waals surface area (Å²) >= 11 is 0. The average Bonchev–Trinajstić information content (AvgIpc) is 3.16. The van der Waals surface area contributed by atoms with Crippen LogP contribution in [0.5, 0.6) is 11.5 Å². The number of para-hydroxylation sites is 2. The maximum atomic E-state index is 11.7. The Morgan fingerprint density at radius 2 is 1.70 bits per heavy atom. The summed E-state index contributed by atoms with van der Waals surface area (Å²) in [5.41, 5.74) is 0. The number of benzene rings is 1. The molecule has 8 heteroatoms. The average molecular weight is 378 g/mol. The first-order valence-corrected chi connectivity index (χ1v) is 9.19. The molecule has 0 saturated heterocycles. The van der Waals surface area contributed by atoms with E-state index in [1.54, 1.807) is 24.3 Å². The summed E-state index contributed by atoms with van der Waals surface area (Å²) in [6, 6.07) is 6.52. The van der Waals surface area contributed by atoms with Crippen molar-refractivity contribution in [3.8, 4) is 11.5 Å². The monoisotopic (exact) mass is 378 g/mol. The molecule has 0 spiro atoms. The molecule has 0 radical (unpaired) electrons. The van der Waals surface area contributed by atoms with Crippen molar-refractivity contribution in [1.29, 1.82) is 0 Å². The first kappa shape index (κ1) is 20.5. The van der Waals surface area contributed by atoms with Gasteiger partial charge in [0.25, 0.3) is 5.91 Å². The Hall–Kier alpha value is -2.77. The molecule has 1 aliphatic rings. The number of ether oxygens (including phenoxy) is 3. The van der Waals surface area contributed by atoms with E-state index >= 15 is 0 Å². The van der Waals surface area contributed by atoms with Crippen molar-refractivity contribution in [2.75, 3.05) is 19.8 Å². The molecule has 1 aromatic rings. The van der Waals surface area contributed by atoms with Gasteiger partial charge in [-0.05, 0) is 31.4 Å². The molecular formula is C19H26N2O6. The van der Waals surface area contributed by atoms with E-state index in [2.05, 4.69) is 10.6 Å². The number of amides is 3. The van der Waals surface area contributed by atoms with Crippen molar-refractivity contribution in [1.82, 2.24) is 10.6 Å². The molecule has 3 amide bonds. The molecule has 1 fully saturated rings. The van der Waals surface area contributed by atoms with Gasteiger partial charge in [0, 0.05) is 6.04 Å². The largest absolute Gasteiger partial charge is 0.490 e. The van der Waals surface area contributed by atoms with Crippen LogP contribution in [0, 0.1) is 0 Å². The van der Waals surface area contributed by atoms with Crippen molar-refractivity contribution in [2.45, 2.75) is 45.1 Å². The van der Waals surface area contributed by atoms with Gasteiger partial charge < -0.3 is 19.5 Å². The topological polar surface area (TPSA) is 103 Å². The van der Waals surface area contributed by atoms with Gasteiger partial charge in [0.2, 0.25) is 0 Å². The number of hydrogen-bond acceptors (Lipinski definition) is 6. The van der Waals surface area contributed by atoms with Gasteiger partial charge in [0.15, 0.2) is 24.7 Å². The van der Waals surface area contributed by atoms with E-state index in [0.29, 0.717) is 18.1 Å². The van der Waals surface area contributed by atoms with E-state index in [1.807, 2.05) is 6.92 Å². The minimum Gasteiger partial charge on any atom is -0.490 e. The highest BCUT2D eigenvalue weighted by atomic mass is 16.6. The van der Waals surface area contributed by atoms with E-state index in [0.717, 1.165) is 32.1 Å². The first-order valence-electron chi connectivity index (χ1n) is 9.19. The smallest absolute Gasteiger partial charge is 0.344 e. The Bertz CT molecular complexity index is 643. The Morgan fingerprint density at radius 3 is 2.37 bits per heavy atom. The first-order chi connectivity index (χ1) is 13.1. The molecule has 0 atom stereocenters. The van der Waals surface area contributed by atoms with Crippen LogP contribution < -0.4 is 20.1 Å². The molecule has 8 nitrogen and oxygen atoms in total. The molecule has 148 valence electrons. The van der Waals surface area contributed by atoms with Crippen LogP contribution in [0.2, 0.25) is 0 Å². The quantitative estimate of drug-likeness (QED) is 0.639. The van der Waals surface area contributed by atoms with Gasteiger partial charge in [0.05, 0.1) is 6.61 Å². The van der Waals surface area contributed by atoms with E-state index < -0.39 is 24.5 Å². The molecule has 1 saturated carbocycles. The molecule has 1 aromatic carbocycles. The molecule has 0 unspecified atom stereocenters. The fourth-order valence-electron chi connectivity index (χ4n) is 2.68. The zero-order valence-electron chi connectivity index (χ0n) is 15.5. The van der Waals surface area contributed by atoms with E-state index in [4.69, 9.17) is 14.2 Å². The van der Waals surface area contributed by atoms with Crippen LogP contribution >= 0.6 is 0 Å². The minimum atomic E-state index is -0.716. The van der Waals surface area contributed by atoms with Gasteiger partial charge in [-0.1, -0.05) is 31.9 Å². The summed E-state index contributed by atoms with van der Waals surface area (Å²) < 4.78 is 15.7.